The molecule has 5 rings (SSSR count). The van der Waals surface area contributed by atoms with E-state index in [1.54, 1.807) is 30.8 Å². The zero-order chi connectivity index (χ0) is 34.0. The van der Waals surface area contributed by atoms with Gasteiger partial charge >= 0.3 is 5.97 Å². The van der Waals surface area contributed by atoms with Crippen molar-refractivity contribution >= 4 is 17.7 Å². The van der Waals surface area contributed by atoms with Crippen molar-refractivity contribution in [1.29, 1.82) is 0 Å². The highest BCUT2D eigenvalue weighted by Gasteiger charge is 2.36. The van der Waals surface area contributed by atoms with Crippen LogP contribution in [0, 0.1) is 6.92 Å². The molecule has 0 radical (unpaired) electrons. The van der Waals surface area contributed by atoms with E-state index in [1.807, 2.05) is 48.5 Å². The van der Waals surface area contributed by atoms with Crippen molar-refractivity contribution in [2.45, 2.75) is 93.6 Å². The van der Waals surface area contributed by atoms with Gasteiger partial charge in [-0.05, 0) is 96.1 Å². The number of aromatic hydroxyl groups is 1. The normalized spacial score (nSPS) is 18.5. The molecule has 1 saturated heterocycles. The van der Waals surface area contributed by atoms with Gasteiger partial charge in [0.15, 0.2) is 0 Å². The van der Waals surface area contributed by atoms with Crippen LogP contribution < -0.4 is 4.74 Å². The summed E-state index contributed by atoms with van der Waals surface area (Å²) in [4.78, 5) is 15.5. The molecule has 2 atom stereocenters. The van der Waals surface area contributed by atoms with Gasteiger partial charge in [0.2, 0.25) is 0 Å². The Morgan fingerprint density at radius 1 is 0.915 bits per heavy atom. The Labute approximate surface area is 283 Å². The van der Waals surface area contributed by atoms with Crippen LogP contribution in [0.3, 0.4) is 0 Å². The Morgan fingerprint density at radius 2 is 1.53 bits per heavy atom. The zero-order valence-corrected chi connectivity index (χ0v) is 29.2. The fourth-order valence-corrected chi connectivity index (χ4v) is 7.00. The predicted octanol–water partition coefficient (Wildman–Crippen LogP) is 8.89. The summed E-state index contributed by atoms with van der Waals surface area (Å²) in [6.07, 6.45) is -0.345. The van der Waals surface area contributed by atoms with Gasteiger partial charge in [-0.25, -0.2) is 0 Å². The van der Waals surface area contributed by atoms with Gasteiger partial charge < -0.3 is 24.4 Å². The van der Waals surface area contributed by atoms with Crippen LogP contribution in [0.1, 0.15) is 75.8 Å². The number of ether oxygens (including phenoxy) is 3. The average Bonchev–Trinajstić information content (AvgIpc) is 2.99. The Bertz CT molecular complexity index is 1700. The molecule has 1 aliphatic rings. The van der Waals surface area contributed by atoms with Crippen LogP contribution in [-0.4, -0.2) is 41.1 Å². The number of phenolic OH excluding ortho intramolecular Hbond substituents is 1. The van der Waals surface area contributed by atoms with E-state index >= 15 is 0 Å². The monoisotopic (exact) mass is 654 g/mol. The van der Waals surface area contributed by atoms with Gasteiger partial charge in [-0.1, -0.05) is 76.7 Å². The Hall–Kier alpha value is -3.78. The van der Waals surface area contributed by atoms with Crippen LogP contribution in [0.25, 0.3) is 0 Å². The van der Waals surface area contributed by atoms with E-state index in [0.717, 1.165) is 15.4 Å². The second-order valence-electron chi connectivity index (χ2n) is 14.4. The second-order valence-corrected chi connectivity index (χ2v) is 15.5. The number of carbonyl (C=O) groups is 1. The number of phenols is 1. The standard InChI is InChI=1S/C40H46O6S/c1-26-20-28(8-18-35(26)38(2,3)4)39(5,6)29-9-19-36(27(21-29)22-37(43)46-40(7)23-31(42)24-44-25-40)45-32-12-16-34(17-13-32)47-33-14-10-30(41)11-15-33/h8-21,31,41-42H,22-25H2,1-7H3/t31?,40-/m0/s1. The maximum atomic E-state index is 13.4. The first kappa shape index (κ1) is 34.6. The molecular weight excluding hydrogens is 609 g/mol. The van der Waals surface area contributed by atoms with Gasteiger partial charge in [-0.2, -0.15) is 0 Å². The Balaban J connectivity index is 1.42. The molecule has 1 unspecified atom stereocenters. The third kappa shape index (κ3) is 8.58. The highest BCUT2D eigenvalue weighted by molar-refractivity contribution is 7.99. The fraction of sp³-hybridized carbons (Fsp3) is 0.375. The van der Waals surface area contributed by atoms with Crippen molar-refractivity contribution in [3.63, 3.8) is 0 Å². The predicted molar refractivity (Wildman–Crippen MR) is 187 cm³/mol. The molecule has 6 nitrogen and oxygen atoms in total. The third-order valence-electron chi connectivity index (χ3n) is 8.74. The molecule has 4 aromatic carbocycles. The highest BCUT2D eigenvalue weighted by Crippen LogP contribution is 2.38. The van der Waals surface area contributed by atoms with Crippen LogP contribution in [-0.2, 0) is 31.5 Å². The van der Waals surface area contributed by atoms with E-state index in [9.17, 15) is 15.0 Å². The first-order valence-electron chi connectivity index (χ1n) is 16.1. The summed E-state index contributed by atoms with van der Waals surface area (Å²) in [5.74, 6) is 1.05. The van der Waals surface area contributed by atoms with Crippen LogP contribution in [0.4, 0.5) is 0 Å². The molecule has 0 saturated carbocycles. The van der Waals surface area contributed by atoms with E-state index in [0.29, 0.717) is 23.5 Å². The molecule has 0 amide bonds. The summed E-state index contributed by atoms with van der Waals surface area (Å²) in [5, 5.41) is 19.7. The van der Waals surface area contributed by atoms with Crippen molar-refractivity contribution in [2.24, 2.45) is 0 Å². The largest absolute Gasteiger partial charge is 0.508 e. The van der Waals surface area contributed by atoms with Crippen LogP contribution in [0.5, 0.6) is 17.2 Å². The van der Waals surface area contributed by atoms with Gasteiger partial charge in [0, 0.05) is 27.2 Å². The van der Waals surface area contributed by atoms with E-state index in [4.69, 9.17) is 14.2 Å². The highest BCUT2D eigenvalue weighted by atomic mass is 32.2. The summed E-state index contributed by atoms with van der Waals surface area (Å²) in [7, 11) is 0. The smallest absolute Gasteiger partial charge is 0.311 e. The molecular formula is C40H46O6S. The van der Waals surface area contributed by atoms with E-state index in [2.05, 4.69) is 65.8 Å². The van der Waals surface area contributed by atoms with Crippen molar-refractivity contribution in [2.75, 3.05) is 13.2 Å². The number of hydrogen-bond acceptors (Lipinski definition) is 7. The van der Waals surface area contributed by atoms with Gasteiger partial charge in [-0.3, -0.25) is 4.79 Å². The number of carbonyl (C=O) groups excluding carboxylic acids is 1. The fourth-order valence-electron chi connectivity index (χ4n) is 6.18. The van der Waals surface area contributed by atoms with Crippen molar-refractivity contribution in [1.82, 2.24) is 0 Å². The molecule has 7 heteroatoms. The first-order valence-corrected chi connectivity index (χ1v) is 16.9. The third-order valence-corrected chi connectivity index (χ3v) is 9.76. The van der Waals surface area contributed by atoms with E-state index in [1.165, 1.54) is 16.7 Å². The molecule has 0 aromatic heterocycles. The molecule has 1 heterocycles. The zero-order valence-electron chi connectivity index (χ0n) is 28.4. The number of aryl methyl sites for hydroxylation is 1. The number of hydrogen-bond donors (Lipinski definition) is 2. The summed E-state index contributed by atoms with van der Waals surface area (Å²) < 4.78 is 17.8. The van der Waals surface area contributed by atoms with E-state index < -0.39 is 17.7 Å². The lowest BCUT2D eigenvalue weighted by atomic mass is 9.75. The summed E-state index contributed by atoms with van der Waals surface area (Å²) in [6, 6.07) is 27.6. The quantitative estimate of drug-likeness (QED) is 0.174. The lowest BCUT2D eigenvalue weighted by Crippen LogP contribution is -2.46. The topological polar surface area (TPSA) is 85.2 Å². The van der Waals surface area contributed by atoms with Crippen LogP contribution >= 0.6 is 11.8 Å². The summed E-state index contributed by atoms with van der Waals surface area (Å²) in [6.45, 7) is 15.5. The maximum absolute atomic E-state index is 13.4. The number of rotatable bonds is 9. The lowest BCUT2D eigenvalue weighted by Gasteiger charge is -2.35. The molecule has 47 heavy (non-hydrogen) atoms. The number of aliphatic hydroxyl groups excluding tert-OH is 1. The molecule has 0 spiro atoms. The van der Waals surface area contributed by atoms with E-state index in [-0.39, 0.29) is 36.2 Å². The second kappa shape index (κ2) is 13.8. The Kier molecular flexibility index (Phi) is 10.1. The van der Waals surface area contributed by atoms with Gasteiger partial charge in [0.25, 0.3) is 0 Å². The molecule has 1 fully saturated rings. The van der Waals surface area contributed by atoms with Crippen LogP contribution in [0.15, 0.2) is 94.7 Å². The number of benzene rings is 4. The molecule has 0 aliphatic carbocycles. The maximum Gasteiger partial charge on any atom is 0.311 e. The molecule has 248 valence electrons. The lowest BCUT2D eigenvalue weighted by molar-refractivity contribution is -0.180. The van der Waals surface area contributed by atoms with Gasteiger partial charge in [0.1, 0.15) is 22.8 Å². The van der Waals surface area contributed by atoms with Crippen molar-refractivity contribution < 1.29 is 29.2 Å². The minimum Gasteiger partial charge on any atom is -0.508 e. The molecule has 2 N–H and O–H groups in total. The average molecular weight is 655 g/mol. The summed E-state index contributed by atoms with van der Waals surface area (Å²) in [5.41, 5.74) is 4.34. The molecule has 0 bridgehead atoms. The molecule has 1 aliphatic heterocycles. The Morgan fingerprint density at radius 3 is 2.15 bits per heavy atom. The van der Waals surface area contributed by atoms with Crippen molar-refractivity contribution in [3.05, 3.63) is 113 Å². The number of aliphatic hydroxyl groups is 1. The number of esters is 1. The van der Waals surface area contributed by atoms with Gasteiger partial charge in [-0.15, -0.1) is 0 Å². The molecule has 4 aromatic rings. The first-order chi connectivity index (χ1) is 22.1. The minimum atomic E-state index is -0.899. The van der Waals surface area contributed by atoms with Crippen LogP contribution in [0.2, 0.25) is 0 Å². The van der Waals surface area contributed by atoms with Crippen molar-refractivity contribution in [3.8, 4) is 17.2 Å². The minimum absolute atomic E-state index is 0.00170. The SMILES string of the molecule is Cc1cc(C(C)(C)c2ccc(Oc3ccc(Sc4ccc(O)cc4)cc3)c(CC(=O)O[C@]3(C)COCC(O)C3)c2)ccc1C(C)(C)C. The van der Waals surface area contributed by atoms with Gasteiger partial charge in [0.05, 0.1) is 25.7 Å². The summed E-state index contributed by atoms with van der Waals surface area (Å²) >= 11 is 1.59.